The topological polar surface area (TPSA) is 4.93 Å². The van der Waals surface area contributed by atoms with Crippen molar-refractivity contribution in [3.63, 3.8) is 0 Å². The Morgan fingerprint density at radius 3 is 1.97 bits per heavy atom. The van der Waals surface area contributed by atoms with Gasteiger partial charge in [-0.1, -0.05) is 91.0 Å². The Hall–Kier alpha value is -4.36. The summed E-state index contributed by atoms with van der Waals surface area (Å²) in [4.78, 5) is 0. The van der Waals surface area contributed by atoms with Gasteiger partial charge in [0.25, 0.3) is 0 Å². The summed E-state index contributed by atoms with van der Waals surface area (Å²) >= 11 is 0. The maximum Gasteiger partial charge on any atom is 0.0537 e. The molecule has 176 valence electrons. The maximum atomic E-state index is 2.49. The number of aryl methyl sites for hydroxylation is 1. The van der Waals surface area contributed by atoms with Gasteiger partial charge in [0.1, 0.15) is 0 Å². The minimum atomic E-state index is 1.06. The molecule has 5 aromatic carbocycles. The number of nitrogens with zero attached hydrogens (tertiary/aromatic N) is 1. The Balaban J connectivity index is 1.33. The highest BCUT2D eigenvalue weighted by molar-refractivity contribution is 6.25. The molecule has 0 atom stereocenters. The highest BCUT2D eigenvalue weighted by Crippen LogP contribution is 2.40. The molecule has 0 spiro atoms. The lowest BCUT2D eigenvalue weighted by Gasteiger charge is -2.19. The molecule has 1 aromatic heterocycles. The van der Waals surface area contributed by atoms with E-state index in [0.29, 0.717) is 0 Å². The molecule has 0 amide bonds. The van der Waals surface area contributed by atoms with Crippen LogP contribution >= 0.6 is 0 Å². The fourth-order valence-corrected chi connectivity index (χ4v) is 6.64. The lowest BCUT2D eigenvalue weighted by molar-refractivity contribution is 0.966. The van der Waals surface area contributed by atoms with E-state index in [9.17, 15) is 0 Å². The van der Waals surface area contributed by atoms with Crippen molar-refractivity contribution in [1.82, 2.24) is 4.57 Å². The Kier molecular flexibility index (Phi) is 4.54. The molecule has 8 rings (SSSR count). The van der Waals surface area contributed by atoms with Crippen LogP contribution in [0.4, 0.5) is 0 Å². The van der Waals surface area contributed by atoms with Crippen LogP contribution in [0.1, 0.15) is 36.1 Å². The third-order valence-electron chi connectivity index (χ3n) is 8.32. The largest absolute Gasteiger partial charge is 0.310 e. The van der Waals surface area contributed by atoms with Crippen molar-refractivity contribution in [2.45, 2.75) is 25.7 Å². The average molecular weight is 474 g/mol. The standard InChI is InChI=1S/C36H27N/c1-2-14-29-27(12-1)28-13-3-4-15-30(28)34-23-25(20-21-31(29)34)24-10-9-11-26(22-24)37-35-18-7-5-16-32(35)33-17-6-8-19-36(33)37/h1-5,7-8,11-16,18-23H,6,9-10,17H2. The van der Waals surface area contributed by atoms with E-state index in [-0.39, 0.29) is 0 Å². The Labute approximate surface area is 216 Å². The van der Waals surface area contributed by atoms with Crippen LogP contribution in [0.15, 0.2) is 109 Å². The second-order valence-electron chi connectivity index (χ2n) is 10.3. The van der Waals surface area contributed by atoms with Gasteiger partial charge in [0.05, 0.1) is 5.52 Å². The smallest absolute Gasteiger partial charge is 0.0537 e. The predicted molar refractivity (Wildman–Crippen MR) is 160 cm³/mol. The predicted octanol–water partition coefficient (Wildman–Crippen LogP) is 9.78. The number of aromatic nitrogens is 1. The number of hydrogen-bond acceptors (Lipinski definition) is 0. The first-order valence-corrected chi connectivity index (χ1v) is 13.4. The Morgan fingerprint density at radius 2 is 1.22 bits per heavy atom. The van der Waals surface area contributed by atoms with Crippen LogP contribution in [0, 0.1) is 0 Å². The van der Waals surface area contributed by atoms with Gasteiger partial charge in [-0.2, -0.15) is 0 Å². The van der Waals surface area contributed by atoms with Crippen LogP contribution in [-0.4, -0.2) is 4.57 Å². The van der Waals surface area contributed by atoms with Crippen LogP contribution in [0.2, 0.25) is 0 Å². The van der Waals surface area contributed by atoms with E-state index in [4.69, 9.17) is 0 Å². The van der Waals surface area contributed by atoms with Crippen LogP contribution < -0.4 is 0 Å². The molecule has 6 aromatic rings. The Bertz CT molecular complexity index is 1940. The number of benzene rings is 5. The van der Waals surface area contributed by atoms with Crippen molar-refractivity contribution in [3.8, 4) is 0 Å². The second kappa shape index (κ2) is 8.08. The average Bonchev–Trinajstić information content (AvgIpc) is 3.32. The quantitative estimate of drug-likeness (QED) is 0.221. The number of rotatable bonds is 2. The fourth-order valence-electron chi connectivity index (χ4n) is 6.64. The van der Waals surface area contributed by atoms with Gasteiger partial charge in [-0.25, -0.2) is 0 Å². The van der Waals surface area contributed by atoms with Crippen molar-refractivity contribution in [2.75, 3.05) is 0 Å². The summed E-state index contributed by atoms with van der Waals surface area (Å²) < 4.78 is 2.49. The first kappa shape index (κ1) is 20.8. The molecular weight excluding hydrogens is 446 g/mol. The molecule has 0 unspecified atom stereocenters. The zero-order valence-electron chi connectivity index (χ0n) is 20.7. The van der Waals surface area contributed by atoms with E-state index in [0.717, 1.165) is 25.7 Å². The van der Waals surface area contributed by atoms with Crippen molar-refractivity contribution < 1.29 is 0 Å². The molecule has 0 aliphatic heterocycles. The maximum absolute atomic E-state index is 2.49. The SMILES string of the molecule is C1=Cc2c(c3ccccc3n2C2=CCCC(c3ccc4c5ccccc5c5ccccc5c4c3)=C2)CC1. The number of para-hydroxylation sites is 1. The van der Waals surface area contributed by atoms with E-state index in [1.807, 2.05) is 0 Å². The van der Waals surface area contributed by atoms with Crippen molar-refractivity contribution in [3.05, 3.63) is 126 Å². The number of hydrogen-bond donors (Lipinski definition) is 0. The van der Waals surface area contributed by atoms with Crippen LogP contribution in [-0.2, 0) is 6.42 Å². The minimum Gasteiger partial charge on any atom is -0.310 e. The minimum absolute atomic E-state index is 1.06. The highest BCUT2D eigenvalue weighted by atomic mass is 15.0. The fraction of sp³-hybridized carbons (Fsp3) is 0.111. The summed E-state index contributed by atoms with van der Waals surface area (Å²) in [6.45, 7) is 0. The van der Waals surface area contributed by atoms with E-state index < -0.39 is 0 Å². The number of allylic oxidation sites excluding steroid dienone is 5. The molecule has 2 aliphatic carbocycles. The van der Waals surface area contributed by atoms with Crippen LogP contribution in [0.3, 0.4) is 0 Å². The van der Waals surface area contributed by atoms with Crippen molar-refractivity contribution >= 4 is 60.6 Å². The molecule has 0 radical (unpaired) electrons. The van der Waals surface area contributed by atoms with Gasteiger partial charge in [-0.3, -0.25) is 0 Å². The van der Waals surface area contributed by atoms with Crippen LogP contribution in [0.25, 0.3) is 60.6 Å². The molecule has 0 saturated carbocycles. The zero-order chi connectivity index (χ0) is 24.3. The van der Waals surface area contributed by atoms with Crippen LogP contribution in [0.5, 0.6) is 0 Å². The van der Waals surface area contributed by atoms with Gasteiger partial charge in [-0.05, 0) is 99.0 Å². The lowest BCUT2D eigenvalue weighted by atomic mass is 9.90. The number of fused-ring (bicyclic) bond motifs is 9. The molecule has 2 aliphatic rings. The summed E-state index contributed by atoms with van der Waals surface area (Å²) in [5.41, 5.74) is 8.21. The van der Waals surface area contributed by atoms with Crippen molar-refractivity contribution in [1.29, 1.82) is 0 Å². The Morgan fingerprint density at radius 1 is 0.568 bits per heavy atom. The summed E-state index contributed by atoms with van der Waals surface area (Å²) in [5.74, 6) is 0. The van der Waals surface area contributed by atoms with Gasteiger partial charge >= 0.3 is 0 Å². The summed E-state index contributed by atoms with van der Waals surface area (Å²) in [5, 5.41) is 9.40. The van der Waals surface area contributed by atoms with E-state index in [2.05, 4.69) is 120 Å². The molecule has 1 nitrogen and oxygen atoms in total. The van der Waals surface area contributed by atoms with E-state index in [1.165, 1.54) is 71.3 Å². The lowest BCUT2D eigenvalue weighted by Crippen LogP contribution is -2.04. The molecule has 0 fully saturated rings. The van der Waals surface area contributed by atoms with Gasteiger partial charge in [0.2, 0.25) is 0 Å². The van der Waals surface area contributed by atoms with Crippen molar-refractivity contribution in [2.24, 2.45) is 0 Å². The monoisotopic (exact) mass is 473 g/mol. The summed E-state index contributed by atoms with van der Waals surface area (Å²) in [7, 11) is 0. The van der Waals surface area contributed by atoms with Gasteiger partial charge < -0.3 is 4.57 Å². The third kappa shape index (κ3) is 3.10. The van der Waals surface area contributed by atoms with Gasteiger partial charge in [-0.15, -0.1) is 0 Å². The first-order chi connectivity index (χ1) is 18.4. The molecule has 0 N–H and O–H groups in total. The molecule has 0 bridgehead atoms. The summed E-state index contributed by atoms with van der Waals surface area (Å²) in [6.07, 6.45) is 13.9. The second-order valence-corrected chi connectivity index (χ2v) is 10.3. The van der Waals surface area contributed by atoms with E-state index >= 15 is 0 Å². The van der Waals surface area contributed by atoms with Gasteiger partial charge in [0, 0.05) is 16.8 Å². The summed E-state index contributed by atoms with van der Waals surface area (Å²) in [6, 6.07) is 33.7. The van der Waals surface area contributed by atoms with E-state index in [1.54, 1.807) is 0 Å². The third-order valence-corrected chi connectivity index (χ3v) is 8.32. The molecule has 0 saturated heterocycles. The normalized spacial score (nSPS) is 15.4. The van der Waals surface area contributed by atoms with Gasteiger partial charge in [0.15, 0.2) is 0 Å². The molecule has 1 heteroatoms. The zero-order valence-corrected chi connectivity index (χ0v) is 20.7. The molecule has 37 heavy (non-hydrogen) atoms. The first-order valence-electron chi connectivity index (χ1n) is 13.4. The molecule has 1 heterocycles. The highest BCUT2D eigenvalue weighted by Gasteiger charge is 2.20. The molecular formula is C36H27N.